The van der Waals surface area contributed by atoms with Crippen molar-refractivity contribution in [1.29, 1.82) is 0 Å². The number of aromatic nitrogens is 5. The van der Waals surface area contributed by atoms with Gasteiger partial charge in [-0.25, -0.2) is 15.0 Å². The minimum Gasteiger partial charge on any atom is -0.390 e. The Morgan fingerprint density at radius 1 is 1.31 bits per heavy atom. The number of aromatic amines is 1. The van der Waals surface area contributed by atoms with Crippen LogP contribution in [0.15, 0.2) is 29.7 Å². The molecule has 5 rings (SSSR count). The second-order valence-electron chi connectivity index (χ2n) is 10.4. The van der Waals surface area contributed by atoms with Crippen LogP contribution in [0.1, 0.15) is 37.5 Å². The van der Waals surface area contributed by atoms with Crippen LogP contribution in [0.25, 0.3) is 23.7 Å². The predicted octanol–water partition coefficient (Wildman–Crippen LogP) is 1.46. The third-order valence-corrected chi connectivity index (χ3v) is 8.20. The maximum Gasteiger partial charge on any atom is 0.145 e. The lowest BCUT2D eigenvalue weighted by molar-refractivity contribution is -0.00658. The third kappa shape index (κ3) is 4.87. The number of H-pyrrole nitrogens is 1. The van der Waals surface area contributed by atoms with E-state index in [2.05, 4.69) is 61.0 Å². The lowest BCUT2D eigenvalue weighted by atomic mass is 9.76. The maximum absolute atomic E-state index is 10.9. The molecule has 2 fully saturated rings. The SMILES string of the molecule is C=C(Br)/C=c1/nc(CC[C@H]2C[C@@H](N(C)C[C@H]3C[C@@H](n4ccc5c(N)ncnc54)[C@H](O)[C@@H]3O)C2)[nH]c1=C. The summed E-state index contributed by atoms with van der Waals surface area (Å²) in [5, 5.41) is 24.1. The van der Waals surface area contributed by atoms with Gasteiger partial charge in [-0.3, -0.25) is 0 Å². The van der Waals surface area contributed by atoms with E-state index in [9.17, 15) is 10.2 Å². The standard InChI is InChI=1S/C26H34BrN7O2/c1-14(27)8-20-15(2)31-22(32-20)5-4-16-9-18(10-16)33(3)12-17-11-21(24(36)23(17)35)34-7-6-19-25(28)29-13-30-26(19)34/h6-8,13,16-18,21,23-24,35-36H,1-2,4-5,9-12H2,3H3,(H,31,32)(H2,28,29,30)/b20-8+/t16-,17-,18+,21-,23-,24+/m1/s1. The van der Waals surface area contributed by atoms with Crippen molar-refractivity contribution in [2.75, 3.05) is 19.3 Å². The summed E-state index contributed by atoms with van der Waals surface area (Å²) in [7, 11) is 2.13. The van der Waals surface area contributed by atoms with Crippen LogP contribution in [0.3, 0.4) is 0 Å². The monoisotopic (exact) mass is 555 g/mol. The molecule has 0 amide bonds. The van der Waals surface area contributed by atoms with Gasteiger partial charge >= 0.3 is 0 Å². The number of hydrogen-bond acceptors (Lipinski definition) is 7. The second kappa shape index (κ2) is 10.1. The Morgan fingerprint density at radius 3 is 2.83 bits per heavy atom. The van der Waals surface area contributed by atoms with Gasteiger partial charge in [-0.05, 0) is 50.8 Å². The van der Waals surface area contributed by atoms with Crippen LogP contribution in [0.4, 0.5) is 5.82 Å². The molecule has 192 valence electrons. The molecule has 36 heavy (non-hydrogen) atoms. The average Bonchev–Trinajstić information content (AvgIpc) is 3.45. The first kappa shape index (κ1) is 25.1. The van der Waals surface area contributed by atoms with E-state index in [1.54, 1.807) is 0 Å². The van der Waals surface area contributed by atoms with Crippen molar-refractivity contribution < 1.29 is 10.2 Å². The first-order valence-electron chi connectivity index (χ1n) is 12.4. The number of aliphatic hydroxyl groups excluding tert-OH is 2. The van der Waals surface area contributed by atoms with Crippen LogP contribution < -0.4 is 16.4 Å². The normalized spacial score (nSPS) is 28.8. The largest absolute Gasteiger partial charge is 0.390 e. The molecular weight excluding hydrogens is 522 g/mol. The molecular formula is C26H34BrN7O2. The van der Waals surface area contributed by atoms with Gasteiger partial charge < -0.3 is 30.4 Å². The maximum atomic E-state index is 10.9. The molecule has 5 N–H and O–H groups in total. The van der Waals surface area contributed by atoms with Gasteiger partial charge in [0.05, 0.1) is 28.2 Å². The predicted molar refractivity (Wildman–Crippen MR) is 144 cm³/mol. The summed E-state index contributed by atoms with van der Waals surface area (Å²) >= 11 is 3.34. The summed E-state index contributed by atoms with van der Waals surface area (Å²) in [5.41, 5.74) is 6.67. The Balaban J connectivity index is 1.14. The van der Waals surface area contributed by atoms with Gasteiger partial charge in [-0.2, -0.15) is 0 Å². The number of fused-ring (bicyclic) bond motifs is 1. The highest BCUT2D eigenvalue weighted by Gasteiger charge is 2.44. The molecule has 2 aliphatic rings. The molecule has 9 nitrogen and oxygen atoms in total. The molecule has 0 aromatic carbocycles. The number of aliphatic hydroxyl groups is 2. The number of allylic oxidation sites excluding steroid dienone is 1. The number of nitrogens with two attached hydrogens (primary N) is 1. The fraction of sp³-hybridized carbons (Fsp3) is 0.500. The van der Waals surface area contributed by atoms with E-state index >= 15 is 0 Å². The van der Waals surface area contributed by atoms with Crippen LogP contribution in [0.5, 0.6) is 0 Å². The van der Waals surface area contributed by atoms with Gasteiger partial charge in [0.25, 0.3) is 0 Å². The average molecular weight is 557 g/mol. The first-order chi connectivity index (χ1) is 17.2. The van der Waals surface area contributed by atoms with E-state index in [4.69, 9.17) is 5.73 Å². The number of aryl methyl sites for hydroxylation is 1. The fourth-order valence-electron chi connectivity index (χ4n) is 5.84. The number of anilines is 1. The molecule has 2 saturated carbocycles. The highest BCUT2D eigenvalue weighted by molar-refractivity contribution is 9.12. The number of imidazole rings is 1. The number of nitrogens with one attached hydrogen (secondary N) is 1. The third-order valence-electron chi connectivity index (χ3n) is 7.97. The van der Waals surface area contributed by atoms with Gasteiger partial charge in [0, 0.05) is 35.6 Å². The molecule has 0 radical (unpaired) electrons. The highest BCUT2D eigenvalue weighted by atomic mass is 79.9. The topological polar surface area (TPSA) is 129 Å². The van der Waals surface area contributed by atoms with Crippen molar-refractivity contribution in [2.24, 2.45) is 11.8 Å². The van der Waals surface area contributed by atoms with Gasteiger partial charge in [0.1, 0.15) is 29.7 Å². The van der Waals surface area contributed by atoms with Crippen LogP contribution in [-0.4, -0.2) is 71.5 Å². The summed E-state index contributed by atoms with van der Waals surface area (Å²) < 4.78 is 2.71. The van der Waals surface area contributed by atoms with Gasteiger partial charge in [-0.1, -0.05) is 29.1 Å². The minimum absolute atomic E-state index is 0.0110. The lowest BCUT2D eigenvalue weighted by Crippen LogP contribution is -2.46. The number of rotatable bonds is 8. The molecule has 10 heteroatoms. The molecule has 4 atom stereocenters. The molecule has 0 spiro atoms. The van der Waals surface area contributed by atoms with Crippen molar-refractivity contribution in [2.45, 2.75) is 56.4 Å². The Hall–Kier alpha value is -2.53. The Morgan fingerprint density at radius 2 is 2.08 bits per heavy atom. The van der Waals surface area contributed by atoms with Crippen LogP contribution >= 0.6 is 15.9 Å². The molecule has 2 aliphatic carbocycles. The minimum atomic E-state index is -0.848. The number of halogens is 1. The van der Waals surface area contributed by atoms with Crippen molar-refractivity contribution in [3.63, 3.8) is 0 Å². The van der Waals surface area contributed by atoms with Crippen LogP contribution in [0, 0.1) is 11.8 Å². The van der Waals surface area contributed by atoms with Crippen molar-refractivity contribution >= 4 is 45.4 Å². The summed E-state index contributed by atoms with van der Waals surface area (Å²) in [4.78, 5) is 18.7. The van der Waals surface area contributed by atoms with Gasteiger partial charge in [-0.15, -0.1) is 0 Å². The van der Waals surface area contributed by atoms with E-state index in [0.29, 0.717) is 29.8 Å². The van der Waals surface area contributed by atoms with E-state index in [1.165, 1.54) is 6.33 Å². The number of nitrogen functional groups attached to an aromatic ring is 1. The van der Waals surface area contributed by atoms with E-state index < -0.39 is 12.2 Å². The summed E-state index contributed by atoms with van der Waals surface area (Å²) in [6.45, 7) is 8.61. The van der Waals surface area contributed by atoms with E-state index in [0.717, 1.165) is 58.6 Å². The quantitative estimate of drug-likeness (QED) is 0.331. The molecule has 3 aromatic rings. The molecule has 0 aliphatic heterocycles. The first-order valence-corrected chi connectivity index (χ1v) is 13.2. The van der Waals surface area contributed by atoms with Crippen LogP contribution in [0.2, 0.25) is 0 Å². The van der Waals surface area contributed by atoms with E-state index in [-0.39, 0.29) is 12.0 Å². The Kier molecular flexibility index (Phi) is 7.04. The van der Waals surface area contributed by atoms with Crippen molar-refractivity contribution in [3.05, 3.63) is 46.2 Å². The Bertz CT molecular complexity index is 1360. The zero-order valence-electron chi connectivity index (χ0n) is 20.5. The smallest absolute Gasteiger partial charge is 0.145 e. The van der Waals surface area contributed by atoms with Gasteiger partial charge in [0.15, 0.2) is 0 Å². The lowest BCUT2D eigenvalue weighted by Gasteiger charge is -2.42. The van der Waals surface area contributed by atoms with Crippen molar-refractivity contribution in [1.82, 2.24) is 29.4 Å². The fourth-order valence-corrected chi connectivity index (χ4v) is 6.05. The second-order valence-corrected chi connectivity index (χ2v) is 11.4. The Labute approximate surface area is 218 Å². The zero-order chi connectivity index (χ0) is 25.6. The van der Waals surface area contributed by atoms with Crippen LogP contribution in [-0.2, 0) is 6.42 Å². The summed E-state index contributed by atoms with van der Waals surface area (Å²) in [6.07, 6.45) is 8.52. The molecule has 0 bridgehead atoms. The summed E-state index contributed by atoms with van der Waals surface area (Å²) in [6, 6.07) is 2.13. The number of hydrogen-bond donors (Lipinski definition) is 4. The van der Waals surface area contributed by atoms with E-state index in [1.807, 2.05) is 22.9 Å². The van der Waals surface area contributed by atoms with Crippen molar-refractivity contribution in [3.8, 4) is 0 Å². The molecule has 0 unspecified atom stereocenters. The van der Waals surface area contributed by atoms with Gasteiger partial charge in [0.2, 0.25) is 0 Å². The zero-order valence-corrected chi connectivity index (χ0v) is 22.1. The molecule has 3 aromatic heterocycles. The molecule has 3 heterocycles. The molecule has 0 saturated heterocycles. The summed E-state index contributed by atoms with van der Waals surface area (Å²) in [5.74, 6) is 2.04. The number of nitrogens with zero attached hydrogens (tertiary/aromatic N) is 5. The highest BCUT2D eigenvalue weighted by Crippen LogP contribution is 2.40.